The van der Waals surface area contributed by atoms with Crippen molar-refractivity contribution in [3.63, 3.8) is 0 Å². The lowest BCUT2D eigenvalue weighted by atomic mass is 9.98. The van der Waals surface area contributed by atoms with Crippen molar-refractivity contribution in [2.24, 2.45) is 0 Å². The molecule has 0 amide bonds. The number of hydrogen-bond acceptors (Lipinski definition) is 4. The Hall–Kier alpha value is -4.09. The highest BCUT2D eigenvalue weighted by Crippen LogP contribution is 2.31. The number of nitrogen functional groups attached to an aromatic ring is 1. The van der Waals surface area contributed by atoms with Crippen LogP contribution in [0.2, 0.25) is 0 Å². The second-order valence-electron chi connectivity index (χ2n) is 5.13. The molecule has 0 heterocycles. The fraction of sp³-hybridized carbons (Fsp3) is 0. The van der Waals surface area contributed by atoms with E-state index in [0.717, 1.165) is 6.08 Å². The Labute approximate surface area is 151 Å². The van der Waals surface area contributed by atoms with Crippen LogP contribution < -0.4 is 5.73 Å². The Bertz CT molecular complexity index is 1050. The van der Waals surface area contributed by atoms with E-state index in [-0.39, 0.29) is 0 Å². The molecular formula is C19H8F4N4. The van der Waals surface area contributed by atoms with Crippen molar-refractivity contribution in [3.8, 4) is 18.2 Å². The van der Waals surface area contributed by atoms with Crippen LogP contribution in [-0.2, 0) is 0 Å². The summed E-state index contributed by atoms with van der Waals surface area (Å²) >= 11 is 0. The van der Waals surface area contributed by atoms with Gasteiger partial charge in [-0.2, -0.15) is 15.8 Å². The van der Waals surface area contributed by atoms with E-state index in [9.17, 15) is 17.6 Å². The average molecular weight is 368 g/mol. The first-order valence-corrected chi connectivity index (χ1v) is 7.20. The van der Waals surface area contributed by atoms with Gasteiger partial charge < -0.3 is 5.73 Å². The summed E-state index contributed by atoms with van der Waals surface area (Å²) in [4.78, 5) is 0. The normalized spacial score (nSPS) is 10.1. The van der Waals surface area contributed by atoms with Gasteiger partial charge in [-0.3, -0.25) is 0 Å². The molecule has 0 radical (unpaired) electrons. The number of rotatable bonds is 3. The van der Waals surface area contributed by atoms with Crippen LogP contribution >= 0.6 is 0 Å². The zero-order valence-electron chi connectivity index (χ0n) is 13.4. The summed E-state index contributed by atoms with van der Waals surface area (Å²) in [5, 5.41) is 26.5. The van der Waals surface area contributed by atoms with Crippen LogP contribution in [0.5, 0.6) is 0 Å². The number of anilines is 1. The minimum atomic E-state index is -1.88. The maximum Gasteiger partial charge on any atom is 0.171 e. The first-order valence-electron chi connectivity index (χ1n) is 7.20. The molecule has 132 valence electrons. The second kappa shape index (κ2) is 7.86. The summed E-state index contributed by atoms with van der Waals surface area (Å²) in [5.74, 6) is -7.30. The Morgan fingerprint density at radius 3 is 1.74 bits per heavy atom. The fourth-order valence-electron chi connectivity index (χ4n) is 2.17. The first-order chi connectivity index (χ1) is 12.8. The highest BCUT2D eigenvalue weighted by atomic mass is 19.2. The lowest BCUT2D eigenvalue weighted by molar-refractivity contribution is 0.448. The Morgan fingerprint density at radius 2 is 1.30 bits per heavy atom. The van der Waals surface area contributed by atoms with Crippen LogP contribution in [-0.4, -0.2) is 0 Å². The molecule has 0 unspecified atom stereocenters. The fourth-order valence-corrected chi connectivity index (χ4v) is 2.17. The van der Waals surface area contributed by atoms with E-state index in [1.165, 1.54) is 48.5 Å². The van der Waals surface area contributed by atoms with Gasteiger partial charge in [0.15, 0.2) is 23.3 Å². The average Bonchev–Trinajstić information content (AvgIpc) is 2.67. The maximum absolute atomic E-state index is 14.3. The summed E-state index contributed by atoms with van der Waals surface area (Å²) in [6, 6.07) is 9.82. The predicted octanol–water partition coefficient (Wildman–Crippen LogP) is 4.32. The van der Waals surface area contributed by atoms with E-state index in [0.29, 0.717) is 11.3 Å². The summed E-state index contributed by atoms with van der Waals surface area (Å²) in [7, 11) is 0. The van der Waals surface area contributed by atoms with Crippen molar-refractivity contribution in [2.45, 2.75) is 0 Å². The van der Waals surface area contributed by atoms with Gasteiger partial charge in [-0.25, -0.2) is 17.6 Å². The Morgan fingerprint density at radius 1 is 0.778 bits per heavy atom. The third-order valence-corrected chi connectivity index (χ3v) is 3.51. The lowest BCUT2D eigenvalue weighted by Crippen LogP contribution is -2.06. The molecule has 0 saturated carbocycles. The summed E-state index contributed by atoms with van der Waals surface area (Å²) in [5.41, 5.74) is 1.93. The number of hydrogen-bond donors (Lipinski definition) is 1. The van der Waals surface area contributed by atoms with Crippen molar-refractivity contribution >= 4 is 23.4 Å². The molecule has 0 saturated heterocycles. The quantitative estimate of drug-likeness (QED) is 0.287. The van der Waals surface area contributed by atoms with Crippen LogP contribution in [0.3, 0.4) is 0 Å². The van der Waals surface area contributed by atoms with Crippen LogP contribution in [0.1, 0.15) is 16.7 Å². The molecule has 2 N–H and O–H groups in total. The SMILES string of the molecule is N#CC(C#N)=C(C#N)c1c(F)c(F)c(/C=C/c2ccc(N)cc2)c(F)c1F. The summed E-state index contributed by atoms with van der Waals surface area (Å²) < 4.78 is 57.2. The van der Waals surface area contributed by atoms with Crippen LogP contribution in [0.15, 0.2) is 29.8 Å². The molecule has 0 bridgehead atoms. The second-order valence-corrected chi connectivity index (χ2v) is 5.13. The molecule has 4 nitrogen and oxygen atoms in total. The molecule has 0 fully saturated rings. The van der Waals surface area contributed by atoms with Gasteiger partial charge in [0.1, 0.15) is 23.8 Å². The van der Waals surface area contributed by atoms with Crippen molar-refractivity contribution in [2.75, 3.05) is 5.73 Å². The van der Waals surface area contributed by atoms with E-state index < -0.39 is 45.5 Å². The molecule has 0 aromatic heterocycles. The Kier molecular flexibility index (Phi) is 5.60. The number of allylic oxidation sites excluding steroid dienone is 2. The predicted molar refractivity (Wildman–Crippen MR) is 89.8 cm³/mol. The van der Waals surface area contributed by atoms with Gasteiger partial charge in [-0.1, -0.05) is 18.2 Å². The largest absolute Gasteiger partial charge is 0.399 e. The van der Waals surface area contributed by atoms with E-state index in [1.54, 1.807) is 0 Å². The van der Waals surface area contributed by atoms with Crippen molar-refractivity contribution in [1.82, 2.24) is 0 Å². The molecule has 0 atom stereocenters. The van der Waals surface area contributed by atoms with Gasteiger partial charge in [-0.05, 0) is 23.8 Å². The zero-order chi connectivity index (χ0) is 20.1. The molecule has 2 aromatic carbocycles. The van der Waals surface area contributed by atoms with Gasteiger partial charge in [0.05, 0.1) is 16.7 Å². The lowest BCUT2D eigenvalue weighted by Gasteiger charge is -2.09. The Balaban J connectivity index is 2.68. The van der Waals surface area contributed by atoms with E-state index in [2.05, 4.69) is 0 Å². The third kappa shape index (κ3) is 3.63. The molecule has 0 aliphatic heterocycles. The van der Waals surface area contributed by atoms with Crippen LogP contribution in [0.25, 0.3) is 17.7 Å². The maximum atomic E-state index is 14.3. The van der Waals surface area contributed by atoms with Gasteiger partial charge in [-0.15, -0.1) is 0 Å². The molecule has 2 aromatic rings. The summed E-state index contributed by atoms with van der Waals surface area (Å²) in [6.45, 7) is 0. The van der Waals surface area contributed by atoms with Gasteiger partial charge in [0, 0.05) is 5.69 Å². The van der Waals surface area contributed by atoms with Gasteiger partial charge in [0.2, 0.25) is 0 Å². The molecule has 27 heavy (non-hydrogen) atoms. The topological polar surface area (TPSA) is 97.4 Å². The standard InChI is InChI=1S/C19H8F4N4/c20-16-13(6-3-10-1-4-12(27)5-2-10)17(21)19(23)15(18(16)22)14(9-26)11(7-24)8-25/h1-6H,27H2/b6-3+. The molecule has 0 spiro atoms. The van der Waals surface area contributed by atoms with Crippen LogP contribution in [0.4, 0.5) is 23.2 Å². The van der Waals surface area contributed by atoms with Gasteiger partial charge >= 0.3 is 0 Å². The molecule has 2 rings (SSSR count). The van der Waals surface area contributed by atoms with Crippen LogP contribution in [0, 0.1) is 57.3 Å². The van der Waals surface area contributed by atoms with E-state index in [1.807, 2.05) is 0 Å². The first kappa shape index (κ1) is 19.2. The monoisotopic (exact) mass is 368 g/mol. The van der Waals surface area contributed by atoms with Crippen molar-refractivity contribution < 1.29 is 17.6 Å². The smallest absolute Gasteiger partial charge is 0.171 e. The molecule has 0 aliphatic carbocycles. The molecule has 0 aliphatic rings. The number of nitriles is 3. The number of halogens is 4. The number of nitrogens with two attached hydrogens (primary N) is 1. The highest BCUT2D eigenvalue weighted by molar-refractivity contribution is 5.85. The van der Waals surface area contributed by atoms with Crippen molar-refractivity contribution in [1.29, 1.82) is 15.8 Å². The molecular weight excluding hydrogens is 360 g/mol. The number of benzene rings is 2. The minimum absolute atomic E-state index is 0.451. The van der Waals surface area contributed by atoms with E-state index >= 15 is 0 Å². The van der Waals surface area contributed by atoms with Gasteiger partial charge in [0.25, 0.3) is 0 Å². The number of nitrogens with zero attached hydrogens (tertiary/aromatic N) is 3. The highest BCUT2D eigenvalue weighted by Gasteiger charge is 2.28. The van der Waals surface area contributed by atoms with Crippen molar-refractivity contribution in [3.05, 3.63) is 69.8 Å². The molecule has 8 heteroatoms. The van der Waals surface area contributed by atoms with E-state index in [4.69, 9.17) is 21.5 Å². The minimum Gasteiger partial charge on any atom is -0.399 e. The summed E-state index contributed by atoms with van der Waals surface area (Å²) in [6.07, 6.45) is 2.02. The zero-order valence-corrected chi connectivity index (χ0v) is 13.4. The third-order valence-electron chi connectivity index (χ3n) is 3.51.